The van der Waals surface area contributed by atoms with Gasteiger partial charge in [-0.2, -0.15) is 0 Å². The maximum Gasteiger partial charge on any atom is 0.226 e. The van der Waals surface area contributed by atoms with E-state index in [1.54, 1.807) is 0 Å². The van der Waals surface area contributed by atoms with Crippen molar-refractivity contribution in [1.82, 2.24) is 5.32 Å². The molecular weight excluding hydrogens is 290 g/mol. The van der Waals surface area contributed by atoms with E-state index in [0.29, 0.717) is 25.0 Å². The Morgan fingerprint density at radius 3 is 2.13 bits per heavy atom. The van der Waals surface area contributed by atoms with Crippen LogP contribution in [0.5, 0.6) is 0 Å². The van der Waals surface area contributed by atoms with Crippen molar-refractivity contribution in [3.63, 3.8) is 0 Å². The molecule has 0 aromatic carbocycles. The molecule has 0 spiro atoms. The molecule has 4 nitrogen and oxygen atoms in total. The molecule has 1 saturated heterocycles. The first-order valence-corrected chi connectivity index (χ1v) is 9.53. The average Bonchev–Trinajstić information content (AvgIpc) is 2.89. The lowest BCUT2D eigenvalue weighted by Gasteiger charge is -2.55. The SMILES string of the molecule is C[C@H](CNC(=O)C12CC3CC(CC(C3)C1)C2)CC1(C)OCCO1. The minimum absolute atomic E-state index is 0.0290. The monoisotopic (exact) mass is 321 g/mol. The zero-order valence-corrected chi connectivity index (χ0v) is 14.6. The summed E-state index contributed by atoms with van der Waals surface area (Å²) in [6.07, 6.45) is 8.42. The number of nitrogens with one attached hydrogen (secondary N) is 1. The topological polar surface area (TPSA) is 47.6 Å². The van der Waals surface area contributed by atoms with Gasteiger partial charge in [-0.15, -0.1) is 0 Å². The first-order chi connectivity index (χ1) is 11.0. The molecule has 4 heteroatoms. The van der Waals surface area contributed by atoms with Gasteiger partial charge in [0.1, 0.15) is 0 Å². The first kappa shape index (κ1) is 15.9. The smallest absolute Gasteiger partial charge is 0.226 e. The molecule has 130 valence electrons. The fourth-order valence-corrected chi connectivity index (χ4v) is 6.22. The molecule has 5 rings (SSSR count). The van der Waals surface area contributed by atoms with Crippen molar-refractivity contribution >= 4 is 5.91 Å². The highest BCUT2D eigenvalue weighted by Gasteiger charge is 2.54. The van der Waals surface area contributed by atoms with Gasteiger partial charge in [0.2, 0.25) is 5.91 Å². The molecule has 1 heterocycles. The summed E-state index contributed by atoms with van der Waals surface area (Å²) in [6, 6.07) is 0. The zero-order valence-electron chi connectivity index (χ0n) is 14.6. The Balaban J connectivity index is 1.31. The van der Waals surface area contributed by atoms with Gasteiger partial charge in [0.05, 0.1) is 13.2 Å². The van der Waals surface area contributed by atoms with Gasteiger partial charge in [-0.3, -0.25) is 4.79 Å². The first-order valence-electron chi connectivity index (χ1n) is 9.53. The molecule has 0 radical (unpaired) electrons. The van der Waals surface area contributed by atoms with Gasteiger partial charge >= 0.3 is 0 Å². The standard InChI is InChI=1S/C19H31NO3/c1-13(8-18(2)22-3-4-23-18)12-20-17(21)19-9-14-5-15(10-19)7-16(6-14)11-19/h13-16H,3-12H2,1-2H3,(H,20,21)/t13-,14?,15?,16?,19?/m0/s1. The van der Waals surface area contributed by atoms with Crippen LogP contribution in [0.2, 0.25) is 0 Å². The number of carbonyl (C=O) groups is 1. The van der Waals surface area contributed by atoms with Gasteiger partial charge in [0.25, 0.3) is 0 Å². The van der Waals surface area contributed by atoms with Crippen LogP contribution < -0.4 is 5.32 Å². The molecule has 5 fully saturated rings. The van der Waals surface area contributed by atoms with Gasteiger partial charge in [-0.1, -0.05) is 6.92 Å². The molecule has 23 heavy (non-hydrogen) atoms. The van der Waals surface area contributed by atoms with E-state index in [1.165, 1.54) is 19.3 Å². The lowest BCUT2D eigenvalue weighted by Crippen LogP contribution is -2.54. The van der Waals surface area contributed by atoms with Crippen molar-refractivity contribution in [2.45, 2.75) is 64.6 Å². The molecule has 1 amide bonds. The average molecular weight is 321 g/mol. The molecular formula is C19H31NO3. The molecule has 1 atom stereocenters. The van der Waals surface area contributed by atoms with Crippen LogP contribution in [0, 0.1) is 29.1 Å². The van der Waals surface area contributed by atoms with Gasteiger partial charge in [0, 0.05) is 18.4 Å². The van der Waals surface area contributed by atoms with Crippen molar-refractivity contribution in [2.75, 3.05) is 19.8 Å². The van der Waals surface area contributed by atoms with E-state index in [2.05, 4.69) is 12.2 Å². The maximum absolute atomic E-state index is 12.9. The van der Waals surface area contributed by atoms with Gasteiger partial charge in [-0.05, 0) is 69.1 Å². The summed E-state index contributed by atoms with van der Waals surface area (Å²) in [7, 11) is 0. The molecule has 4 saturated carbocycles. The summed E-state index contributed by atoms with van der Waals surface area (Å²) >= 11 is 0. The van der Waals surface area contributed by atoms with Crippen LogP contribution in [0.1, 0.15) is 58.8 Å². The second kappa shape index (κ2) is 5.73. The van der Waals surface area contributed by atoms with E-state index in [4.69, 9.17) is 9.47 Å². The van der Waals surface area contributed by atoms with E-state index in [9.17, 15) is 4.79 Å². The number of hydrogen-bond acceptors (Lipinski definition) is 3. The summed E-state index contributed by atoms with van der Waals surface area (Å²) in [5.41, 5.74) is -0.0290. The molecule has 4 bridgehead atoms. The third kappa shape index (κ3) is 3.05. The third-order valence-corrected chi connectivity index (χ3v) is 6.75. The number of carbonyl (C=O) groups excluding carboxylic acids is 1. The second-order valence-electron chi connectivity index (χ2n) is 9.05. The minimum atomic E-state index is -0.454. The number of hydrogen-bond donors (Lipinski definition) is 1. The van der Waals surface area contributed by atoms with Crippen molar-refractivity contribution in [3.8, 4) is 0 Å². The summed E-state index contributed by atoms with van der Waals surface area (Å²) < 4.78 is 11.4. The molecule has 1 aliphatic heterocycles. The Morgan fingerprint density at radius 2 is 1.61 bits per heavy atom. The second-order valence-corrected chi connectivity index (χ2v) is 9.05. The molecule has 0 unspecified atom stereocenters. The van der Waals surface area contributed by atoms with Crippen LogP contribution in [0.15, 0.2) is 0 Å². The van der Waals surface area contributed by atoms with E-state index >= 15 is 0 Å². The Kier molecular flexibility index (Phi) is 3.96. The van der Waals surface area contributed by atoms with Crippen LogP contribution in [0.4, 0.5) is 0 Å². The lowest BCUT2D eigenvalue weighted by atomic mass is 9.49. The highest BCUT2D eigenvalue weighted by atomic mass is 16.7. The van der Waals surface area contributed by atoms with Crippen LogP contribution >= 0.6 is 0 Å². The summed E-state index contributed by atoms with van der Waals surface area (Å²) in [5.74, 6) is 2.72. The van der Waals surface area contributed by atoms with Crippen molar-refractivity contribution < 1.29 is 14.3 Å². The maximum atomic E-state index is 12.9. The van der Waals surface area contributed by atoms with Crippen LogP contribution in [0.3, 0.4) is 0 Å². The van der Waals surface area contributed by atoms with Crippen molar-refractivity contribution in [1.29, 1.82) is 0 Å². The third-order valence-electron chi connectivity index (χ3n) is 6.75. The Bertz CT molecular complexity index is 434. The van der Waals surface area contributed by atoms with Crippen molar-refractivity contribution in [3.05, 3.63) is 0 Å². The Labute approximate surface area is 139 Å². The van der Waals surface area contributed by atoms with Crippen molar-refractivity contribution in [2.24, 2.45) is 29.1 Å². The molecule has 4 aliphatic carbocycles. The fourth-order valence-electron chi connectivity index (χ4n) is 6.22. The quantitative estimate of drug-likeness (QED) is 0.846. The van der Waals surface area contributed by atoms with E-state index in [1.807, 2.05) is 6.92 Å². The Morgan fingerprint density at radius 1 is 1.09 bits per heavy atom. The summed E-state index contributed by atoms with van der Waals surface area (Å²) in [5, 5.41) is 3.28. The molecule has 0 aromatic rings. The molecule has 0 aromatic heterocycles. The minimum Gasteiger partial charge on any atom is -0.355 e. The normalized spacial score (nSPS) is 41.9. The van der Waals surface area contributed by atoms with Gasteiger partial charge in [0.15, 0.2) is 5.79 Å². The molecule has 1 N–H and O–H groups in total. The summed E-state index contributed by atoms with van der Waals surface area (Å²) in [6.45, 7) is 6.29. The van der Waals surface area contributed by atoms with E-state index in [-0.39, 0.29) is 5.41 Å². The van der Waals surface area contributed by atoms with Crippen LogP contribution in [-0.2, 0) is 14.3 Å². The number of ether oxygens (including phenoxy) is 2. The molecule has 5 aliphatic rings. The number of rotatable bonds is 5. The Hall–Kier alpha value is -0.610. The van der Waals surface area contributed by atoms with E-state index < -0.39 is 5.79 Å². The lowest BCUT2D eigenvalue weighted by molar-refractivity contribution is -0.155. The van der Waals surface area contributed by atoms with E-state index in [0.717, 1.165) is 50.0 Å². The highest BCUT2D eigenvalue weighted by molar-refractivity contribution is 5.83. The highest BCUT2D eigenvalue weighted by Crippen LogP contribution is 2.60. The fraction of sp³-hybridized carbons (Fsp3) is 0.947. The van der Waals surface area contributed by atoms with Gasteiger partial charge < -0.3 is 14.8 Å². The number of amides is 1. The predicted octanol–water partition coefficient (Wildman–Crippen LogP) is 3.11. The predicted molar refractivity (Wildman–Crippen MR) is 87.7 cm³/mol. The van der Waals surface area contributed by atoms with Crippen LogP contribution in [-0.4, -0.2) is 31.5 Å². The summed E-state index contributed by atoms with van der Waals surface area (Å²) in [4.78, 5) is 12.9. The largest absolute Gasteiger partial charge is 0.355 e. The van der Waals surface area contributed by atoms with Crippen LogP contribution in [0.25, 0.3) is 0 Å². The van der Waals surface area contributed by atoms with Gasteiger partial charge in [-0.25, -0.2) is 0 Å². The zero-order chi connectivity index (χ0) is 16.1.